The van der Waals surface area contributed by atoms with E-state index in [0.29, 0.717) is 6.61 Å². The standard InChI is InChI=1S/C12H18N2O/c1-3-15-11-5-4-6-13-12(11)14-8-10-7-9(10)2/h4-6,9-10H,3,7-8H2,1-2H3,(H,13,14). The molecule has 1 fully saturated rings. The van der Waals surface area contributed by atoms with Crippen LogP contribution in [-0.2, 0) is 0 Å². The molecule has 2 rings (SSSR count). The van der Waals surface area contributed by atoms with Crippen molar-refractivity contribution in [1.82, 2.24) is 4.98 Å². The molecule has 0 amide bonds. The number of hydrogen-bond acceptors (Lipinski definition) is 3. The van der Waals surface area contributed by atoms with Gasteiger partial charge in [0.25, 0.3) is 0 Å². The lowest BCUT2D eigenvalue weighted by molar-refractivity contribution is 0.340. The highest BCUT2D eigenvalue weighted by molar-refractivity contribution is 5.49. The Morgan fingerprint density at radius 2 is 2.40 bits per heavy atom. The molecule has 1 aromatic rings. The molecule has 15 heavy (non-hydrogen) atoms. The monoisotopic (exact) mass is 206 g/mol. The molecule has 3 heteroatoms. The summed E-state index contributed by atoms with van der Waals surface area (Å²) in [6, 6.07) is 3.85. The van der Waals surface area contributed by atoms with Gasteiger partial charge in [0.15, 0.2) is 11.6 Å². The SMILES string of the molecule is CCOc1cccnc1NCC1CC1C. The van der Waals surface area contributed by atoms with E-state index in [-0.39, 0.29) is 0 Å². The highest BCUT2D eigenvalue weighted by atomic mass is 16.5. The lowest BCUT2D eigenvalue weighted by Crippen LogP contribution is -2.07. The van der Waals surface area contributed by atoms with Crippen molar-refractivity contribution < 1.29 is 4.74 Å². The molecule has 1 aliphatic carbocycles. The predicted octanol–water partition coefficient (Wildman–Crippen LogP) is 2.55. The van der Waals surface area contributed by atoms with Crippen molar-refractivity contribution in [2.75, 3.05) is 18.5 Å². The average molecular weight is 206 g/mol. The zero-order chi connectivity index (χ0) is 10.7. The van der Waals surface area contributed by atoms with Crippen molar-refractivity contribution in [3.8, 4) is 5.75 Å². The van der Waals surface area contributed by atoms with E-state index in [1.165, 1.54) is 6.42 Å². The molecule has 0 radical (unpaired) electrons. The molecule has 1 aromatic heterocycles. The maximum Gasteiger partial charge on any atom is 0.168 e. The molecule has 0 aliphatic heterocycles. The van der Waals surface area contributed by atoms with Crippen LogP contribution in [0.15, 0.2) is 18.3 Å². The van der Waals surface area contributed by atoms with Gasteiger partial charge in [-0.3, -0.25) is 0 Å². The Balaban J connectivity index is 1.93. The van der Waals surface area contributed by atoms with Crippen molar-refractivity contribution in [3.63, 3.8) is 0 Å². The van der Waals surface area contributed by atoms with Crippen molar-refractivity contribution in [2.45, 2.75) is 20.3 Å². The van der Waals surface area contributed by atoms with E-state index in [1.54, 1.807) is 6.20 Å². The Kier molecular flexibility index (Phi) is 3.09. The van der Waals surface area contributed by atoms with E-state index in [4.69, 9.17) is 4.74 Å². The molecule has 82 valence electrons. The van der Waals surface area contributed by atoms with Crippen molar-refractivity contribution in [2.24, 2.45) is 11.8 Å². The molecule has 3 nitrogen and oxygen atoms in total. The second kappa shape index (κ2) is 4.51. The van der Waals surface area contributed by atoms with Gasteiger partial charge in [-0.15, -0.1) is 0 Å². The quantitative estimate of drug-likeness (QED) is 0.804. The summed E-state index contributed by atoms with van der Waals surface area (Å²) in [7, 11) is 0. The first-order valence-electron chi connectivity index (χ1n) is 5.63. The Labute approximate surface area is 90.9 Å². The maximum atomic E-state index is 5.49. The number of pyridine rings is 1. The molecule has 1 heterocycles. The summed E-state index contributed by atoms with van der Waals surface area (Å²) in [5, 5.41) is 3.35. The number of rotatable bonds is 5. The van der Waals surface area contributed by atoms with Crippen LogP contribution in [0.3, 0.4) is 0 Å². The average Bonchev–Trinajstić information content (AvgIpc) is 2.94. The molecule has 2 atom stereocenters. The maximum absolute atomic E-state index is 5.49. The van der Waals surface area contributed by atoms with E-state index in [2.05, 4.69) is 17.2 Å². The molecular formula is C12H18N2O. The summed E-state index contributed by atoms with van der Waals surface area (Å²) in [5.41, 5.74) is 0. The van der Waals surface area contributed by atoms with E-state index in [1.807, 2.05) is 19.1 Å². The summed E-state index contributed by atoms with van der Waals surface area (Å²) in [5.74, 6) is 3.42. The van der Waals surface area contributed by atoms with Crippen molar-refractivity contribution in [1.29, 1.82) is 0 Å². The van der Waals surface area contributed by atoms with Gasteiger partial charge in [0.1, 0.15) is 0 Å². The predicted molar refractivity (Wildman–Crippen MR) is 61.2 cm³/mol. The number of hydrogen-bond donors (Lipinski definition) is 1. The van der Waals surface area contributed by atoms with Gasteiger partial charge in [0, 0.05) is 12.7 Å². The first-order valence-corrected chi connectivity index (χ1v) is 5.63. The van der Waals surface area contributed by atoms with Gasteiger partial charge in [0.2, 0.25) is 0 Å². The number of anilines is 1. The molecule has 1 aliphatic rings. The van der Waals surface area contributed by atoms with E-state index in [9.17, 15) is 0 Å². The van der Waals surface area contributed by atoms with Crippen LogP contribution in [0.1, 0.15) is 20.3 Å². The van der Waals surface area contributed by atoms with Crippen LogP contribution in [0, 0.1) is 11.8 Å². The molecule has 1 saturated carbocycles. The smallest absolute Gasteiger partial charge is 0.168 e. The number of aromatic nitrogens is 1. The fourth-order valence-corrected chi connectivity index (χ4v) is 1.71. The Bertz CT molecular complexity index is 327. The second-order valence-corrected chi connectivity index (χ2v) is 4.14. The fourth-order valence-electron chi connectivity index (χ4n) is 1.71. The van der Waals surface area contributed by atoms with Gasteiger partial charge in [0.05, 0.1) is 6.61 Å². The van der Waals surface area contributed by atoms with Gasteiger partial charge < -0.3 is 10.1 Å². The van der Waals surface area contributed by atoms with Crippen LogP contribution in [0.4, 0.5) is 5.82 Å². The van der Waals surface area contributed by atoms with Crippen LogP contribution < -0.4 is 10.1 Å². The molecule has 1 N–H and O–H groups in total. The molecule has 0 bridgehead atoms. The van der Waals surface area contributed by atoms with Crippen molar-refractivity contribution in [3.05, 3.63) is 18.3 Å². The number of nitrogens with one attached hydrogen (secondary N) is 1. The zero-order valence-corrected chi connectivity index (χ0v) is 9.36. The number of nitrogens with zero attached hydrogens (tertiary/aromatic N) is 1. The zero-order valence-electron chi connectivity index (χ0n) is 9.36. The first-order chi connectivity index (χ1) is 7.31. The lowest BCUT2D eigenvalue weighted by Gasteiger charge is -2.10. The minimum absolute atomic E-state index is 0.681. The van der Waals surface area contributed by atoms with Gasteiger partial charge in [-0.25, -0.2) is 4.98 Å². The highest BCUT2D eigenvalue weighted by Crippen LogP contribution is 2.37. The Morgan fingerprint density at radius 1 is 1.60 bits per heavy atom. The third kappa shape index (κ3) is 2.61. The van der Waals surface area contributed by atoms with Crippen molar-refractivity contribution >= 4 is 5.82 Å². The van der Waals surface area contributed by atoms with Crippen LogP contribution in [0.2, 0.25) is 0 Å². The van der Waals surface area contributed by atoms with E-state index >= 15 is 0 Å². The van der Waals surface area contributed by atoms with Gasteiger partial charge in [-0.2, -0.15) is 0 Å². The summed E-state index contributed by atoms with van der Waals surface area (Å²) in [6.07, 6.45) is 3.13. The molecule has 0 saturated heterocycles. The summed E-state index contributed by atoms with van der Waals surface area (Å²) < 4.78 is 5.49. The van der Waals surface area contributed by atoms with Crippen LogP contribution in [-0.4, -0.2) is 18.1 Å². The number of ether oxygens (including phenoxy) is 1. The van der Waals surface area contributed by atoms with Gasteiger partial charge in [-0.05, 0) is 37.3 Å². The lowest BCUT2D eigenvalue weighted by atomic mass is 10.3. The summed E-state index contributed by atoms with van der Waals surface area (Å²) in [6.45, 7) is 5.96. The topological polar surface area (TPSA) is 34.1 Å². The Morgan fingerprint density at radius 3 is 3.07 bits per heavy atom. The van der Waals surface area contributed by atoms with Crippen LogP contribution in [0.25, 0.3) is 0 Å². The van der Waals surface area contributed by atoms with E-state index < -0.39 is 0 Å². The largest absolute Gasteiger partial charge is 0.490 e. The van der Waals surface area contributed by atoms with Crippen LogP contribution >= 0.6 is 0 Å². The Hall–Kier alpha value is -1.25. The second-order valence-electron chi connectivity index (χ2n) is 4.14. The van der Waals surface area contributed by atoms with Gasteiger partial charge in [-0.1, -0.05) is 6.92 Å². The van der Waals surface area contributed by atoms with Gasteiger partial charge >= 0.3 is 0 Å². The van der Waals surface area contributed by atoms with Crippen LogP contribution in [0.5, 0.6) is 5.75 Å². The minimum Gasteiger partial charge on any atom is -0.490 e. The molecule has 0 aromatic carbocycles. The molecule has 2 unspecified atom stereocenters. The molecular weight excluding hydrogens is 188 g/mol. The highest BCUT2D eigenvalue weighted by Gasteiger charge is 2.32. The van der Waals surface area contributed by atoms with E-state index in [0.717, 1.165) is 29.9 Å². The minimum atomic E-state index is 0.681. The third-order valence-corrected chi connectivity index (χ3v) is 2.88. The third-order valence-electron chi connectivity index (χ3n) is 2.88. The fraction of sp³-hybridized carbons (Fsp3) is 0.583. The molecule has 0 spiro atoms. The summed E-state index contributed by atoms with van der Waals surface area (Å²) >= 11 is 0. The first kappa shape index (κ1) is 10.3. The summed E-state index contributed by atoms with van der Waals surface area (Å²) in [4.78, 5) is 4.29. The normalized spacial score (nSPS) is 23.6.